The number of para-hydroxylation sites is 1. The van der Waals surface area contributed by atoms with Crippen molar-refractivity contribution in [2.75, 3.05) is 29.5 Å². The van der Waals surface area contributed by atoms with Crippen molar-refractivity contribution in [1.29, 1.82) is 0 Å². The minimum absolute atomic E-state index is 0.0328. The van der Waals surface area contributed by atoms with Crippen LogP contribution >= 0.6 is 0 Å². The molecule has 1 aromatic rings. The summed E-state index contributed by atoms with van der Waals surface area (Å²) in [6.07, 6.45) is 2.42. The van der Waals surface area contributed by atoms with Gasteiger partial charge in [-0.05, 0) is 36.8 Å². The fraction of sp³-hybridized carbons (Fsp3) is 0.636. The molecule has 2 fully saturated rings. The quantitative estimate of drug-likeness (QED) is 0.680. The summed E-state index contributed by atoms with van der Waals surface area (Å²) in [5, 5.41) is 0. The highest BCUT2D eigenvalue weighted by Gasteiger charge is 2.41. The molecule has 2 amide bonds. The van der Waals surface area contributed by atoms with Crippen LogP contribution in [0.25, 0.3) is 0 Å². The molecule has 0 spiro atoms. The molecule has 3 rings (SSSR count). The van der Waals surface area contributed by atoms with E-state index in [0.717, 1.165) is 24.1 Å². The molecule has 0 N–H and O–H groups in total. The van der Waals surface area contributed by atoms with Crippen LogP contribution in [0.5, 0.6) is 0 Å². The summed E-state index contributed by atoms with van der Waals surface area (Å²) < 4.78 is 23.8. The van der Waals surface area contributed by atoms with E-state index in [0.29, 0.717) is 25.4 Å². The molecule has 2 aliphatic rings. The fourth-order valence-corrected chi connectivity index (χ4v) is 6.18. The van der Waals surface area contributed by atoms with Gasteiger partial charge >= 0.3 is 0 Å². The normalized spacial score (nSPS) is 24.7. The molecule has 0 saturated carbocycles. The number of amides is 2. The number of nitrogens with zero attached hydrogens (tertiary/aromatic N) is 2. The van der Waals surface area contributed by atoms with Gasteiger partial charge in [0.2, 0.25) is 11.8 Å². The first-order valence-corrected chi connectivity index (χ1v) is 12.5. The van der Waals surface area contributed by atoms with Gasteiger partial charge in [0.1, 0.15) is 0 Å². The molecule has 2 heterocycles. The van der Waals surface area contributed by atoms with Gasteiger partial charge in [-0.15, -0.1) is 0 Å². The second kappa shape index (κ2) is 8.86. The van der Waals surface area contributed by atoms with Crippen LogP contribution in [0.2, 0.25) is 0 Å². The van der Waals surface area contributed by atoms with Crippen LogP contribution in [0.3, 0.4) is 0 Å². The summed E-state index contributed by atoms with van der Waals surface area (Å²) >= 11 is 0. The van der Waals surface area contributed by atoms with E-state index in [2.05, 4.69) is 19.9 Å². The van der Waals surface area contributed by atoms with Crippen LogP contribution in [0.4, 0.5) is 5.69 Å². The second-order valence-electron chi connectivity index (χ2n) is 8.36. The molecule has 2 saturated heterocycles. The summed E-state index contributed by atoms with van der Waals surface area (Å²) in [5.74, 6) is -0.0137. The molecule has 0 aliphatic carbocycles. The van der Waals surface area contributed by atoms with Gasteiger partial charge < -0.3 is 9.80 Å². The molecule has 3 unspecified atom stereocenters. The molecule has 0 aromatic heterocycles. The molecule has 7 heteroatoms. The lowest BCUT2D eigenvalue weighted by atomic mass is 9.96. The molecular weight excluding hydrogens is 388 g/mol. The highest BCUT2D eigenvalue weighted by Crippen LogP contribution is 2.34. The van der Waals surface area contributed by atoms with Gasteiger partial charge in [-0.1, -0.05) is 39.0 Å². The van der Waals surface area contributed by atoms with E-state index in [1.165, 1.54) is 0 Å². The van der Waals surface area contributed by atoms with Crippen molar-refractivity contribution in [3.8, 4) is 0 Å². The molecule has 1 aromatic carbocycles. The summed E-state index contributed by atoms with van der Waals surface area (Å²) in [6, 6.07) is 7.66. The maximum Gasteiger partial charge on any atom is 0.228 e. The minimum Gasteiger partial charge on any atom is -0.338 e. The predicted octanol–water partition coefficient (Wildman–Crippen LogP) is 2.98. The van der Waals surface area contributed by atoms with E-state index in [9.17, 15) is 18.0 Å². The lowest BCUT2D eigenvalue weighted by molar-refractivity contribution is -0.137. The number of carbonyl (C=O) groups is 2. The Balaban J connectivity index is 1.79. The zero-order valence-electron chi connectivity index (χ0n) is 17.6. The van der Waals surface area contributed by atoms with Crippen LogP contribution in [-0.2, 0) is 19.4 Å². The Labute approximate surface area is 174 Å². The highest BCUT2D eigenvalue weighted by molar-refractivity contribution is 7.91. The third kappa shape index (κ3) is 4.65. The van der Waals surface area contributed by atoms with Crippen molar-refractivity contribution in [2.45, 2.75) is 58.4 Å². The number of benzene rings is 1. The molecule has 2 aliphatic heterocycles. The maximum absolute atomic E-state index is 13.3. The second-order valence-corrected chi connectivity index (χ2v) is 10.6. The first-order chi connectivity index (χ1) is 13.8. The van der Waals surface area contributed by atoms with E-state index in [-0.39, 0.29) is 35.8 Å². The van der Waals surface area contributed by atoms with Crippen LogP contribution in [0.15, 0.2) is 24.3 Å². The van der Waals surface area contributed by atoms with E-state index >= 15 is 0 Å². The number of hydrogen-bond donors (Lipinski definition) is 0. The van der Waals surface area contributed by atoms with Gasteiger partial charge in [0, 0.05) is 31.2 Å². The van der Waals surface area contributed by atoms with E-state index in [1.54, 1.807) is 9.80 Å². The summed E-state index contributed by atoms with van der Waals surface area (Å²) in [4.78, 5) is 29.6. The molecule has 0 radical (unpaired) electrons. The number of anilines is 1. The Hall–Kier alpha value is -1.89. The lowest BCUT2D eigenvalue weighted by Crippen LogP contribution is -2.45. The first-order valence-electron chi connectivity index (χ1n) is 10.7. The Morgan fingerprint density at radius 1 is 1.28 bits per heavy atom. The topological polar surface area (TPSA) is 74.8 Å². The van der Waals surface area contributed by atoms with Gasteiger partial charge in [0.15, 0.2) is 9.84 Å². The first kappa shape index (κ1) is 21.8. The van der Waals surface area contributed by atoms with Crippen LogP contribution in [0, 0.1) is 5.92 Å². The molecule has 160 valence electrons. The molecule has 3 atom stereocenters. The monoisotopic (exact) mass is 420 g/mol. The van der Waals surface area contributed by atoms with E-state index in [1.807, 2.05) is 25.1 Å². The van der Waals surface area contributed by atoms with Gasteiger partial charge in [0.05, 0.1) is 17.4 Å². The standard InChI is InChI=1S/C22H32N2O4S/c1-4-11-23(18-10-12-29(27,28)15-18)22(26)17-13-21(25)24(14-17)20-9-7-6-8-19(20)16(3)5-2/h6-9,16-18H,4-5,10-15H2,1-3H3. The zero-order chi connectivity index (χ0) is 21.2. The fourth-order valence-electron chi connectivity index (χ4n) is 4.45. The van der Waals surface area contributed by atoms with Crippen LogP contribution < -0.4 is 4.90 Å². The van der Waals surface area contributed by atoms with Crippen molar-refractivity contribution in [2.24, 2.45) is 5.92 Å². The molecular formula is C22H32N2O4S. The van der Waals surface area contributed by atoms with Crippen molar-refractivity contribution in [3.63, 3.8) is 0 Å². The smallest absolute Gasteiger partial charge is 0.228 e. The number of hydrogen-bond acceptors (Lipinski definition) is 4. The largest absolute Gasteiger partial charge is 0.338 e. The molecule has 6 nitrogen and oxygen atoms in total. The number of rotatable bonds is 7. The van der Waals surface area contributed by atoms with Crippen LogP contribution in [0.1, 0.15) is 57.9 Å². The third-order valence-corrected chi connectivity index (χ3v) is 7.99. The Kier molecular flexibility index (Phi) is 6.66. The third-order valence-electron chi connectivity index (χ3n) is 6.24. The van der Waals surface area contributed by atoms with Gasteiger partial charge in [0.25, 0.3) is 0 Å². The summed E-state index contributed by atoms with van der Waals surface area (Å²) in [7, 11) is -3.07. The summed E-state index contributed by atoms with van der Waals surface area (Å²) in [5.41, 5.74) is 2.02. The van der Waals surface area contributed by atoms with Crippen molar-refractivity contribution in [1.82, 2.24) is 4.90 Å². The number of carbonyl (C=O) groups excluding carboxylic acids is 2. The van der Waals surface area contributed by atoms with E-state index < -0.39 is 15.8 Å². The van der Waals surface area contributed by atoms with Crippen molar-refractivity contribution < 1.29 is 18.0 Å². The average molecular weight is 421 g/mol. The van der Waals surface area contributed by atoms with Gasteiger partial charge in [-0.3, -0.25) is 9.59 Å². The molecule has 0 bridgehead atoms. The highest BCUT2D eigenvalue weighted by atomic mass is 32.2. The maximum atomic E-state index is 13.3. The van der Waals surface area contributed by atoms with Gasteiger partial charge in [-0.25, -0.2) is 8.42 Å². The zero-order valence-corrected chi connectivity index (χ0v) is 18.5. The van der Waals surface area contributed by atoms with E-state index in [4.69, 9.17) is 0 Å². The molecule has 29 heavy (non-hydrogen) atoms. The average Bonchev–Trinajstić information content (AvgIpc) is 3.26. The Morgan fingerprint density at radius 2 is 2.00 bits per heavy atom. The summed E-state index contributed by atoms with van der Waals surface area (Å²) in [6.45, 7) is 7.15. The lowest BCUT2D eigenvalue weighted by Gasteiger charge is -2.30. The minimum atomic E-state index is -3.07. The van der Waals surface area contributed by atoms with Gasteiger partial charge in [-0.2, -0.15) is 0 Å². The Bertz CT molecular complexity index is 867. The predicted molar refractivity (Wildman–Crippen MR) is 115 cm³/mol. The number of sulfone groups is 1. The van der Waals surface area contributed by atoms with Crippen molar-refractivity contribution >= 4 is 27.3 Å². The SMILES string of the molecule is CCCN(C(=O)C1CC(=O)N(c2ccccc2C(C)CC)C1)C1CCS(=O)(=O)C1. The van der Waals surface area contributed by atoms with Crippen molar-refractivity contribution in [3.05, 3.63) is 29.8 Å². The van der Waals surface area contributed by atoms with Crippen LogP contribution in [-0.4, -0.2) is 55.8 Å². The Morgan fingerprint density at radius 3 is 2.62 bits per heavy atom.